The molecular weight excluding hydrogens is 384 g/mol. The lowest BCUT2D eigenvalue weighted by Gasteiger charge is -2.32. The molecule has 0 amide bonds. The van der Waals surface area contributed by atoms with Crippen LogP contribution in [0.15, 0.2) is 36.4 Å². The Morgan fingerprint density at radius 1 is 0.500 bits per heavy atom. The number of fused-ring (bicyclic) bond motifs is 4. The molecule has 6 aliphatic rings. The van der Waals surface area contributed by atoms with Crippen molar-refractivity contribution >= 4 is 11.1 Å². The average molecular weight is 409 g/mol. The van der Waals surface area contributed by atoms with Crippen molar-refractivity contribution in [2.75, 3.05) is 0 Å². The van der Waals surface area contributed by atoms with Crippen molar-refractivity contribution in [2.45, 2.75) is 39.5 Å². The van der Waals surface area contributed by atoms with E-state index in [-0.39, 0.29) is 0 Å². The minimum absolute atomic E-state index is 1.17. The predicted octanol–water partition coefficient (Wildman–Crippen LogP) is 7.07. The van der Waals surface area contributed by atoms with Gasteiger partial charge in [-0.25, -0.2) is 0 Å². The molecule has 0 bridgehead atoms. The summed E-state index contributed by atoms with van der Waals surface area (Å²) in [7, 11) is 0. The fourth-order valence-corrected chi connectivity index (χ4v) is 6.93. The standard InChI is InChI=1S/C32H24/c1-17-11-23-15-21-5-3-19-7-9-25(31(29(19)21)27(23)13-17)26-10-8-20-4-6-22-16-24-12-18(2)14-28(24)32(26)30(20)22/h7-16H,3-6H2,1-2H3. The molecule has 32 heavy (non-hydrogen) atoms. The topological polar surface area (TPSA) is 0 Å². The summed E-state index contributed by atoms with van der Waals surface area (Å²) in [6.07, 6.45) is 19.1. The summed E-state index contributed by atoms with van der Waals surface area (Å²) in [5.41, 5.74) is 15.0. The van der Waals surface area contributed by atoms with Crippen LogP contribution < -0.4 is 0 Å². The normalized spacial score (nSPS) is 25.1. The van der Waals surface area contributed by atoms with Crippen LogP contribution >= 0.6 is 0 Å². The van der Waals surface area contributed by atoms with E-state index in [2.05, 4.69) is 75.9 Å². The Bertz CT molecular complexity index is 1140. The first-order valence-electron chi connectivity index (χ1n) is 11.9. The number of hydrogen-bond donors (Lipinski definition) is 0. The fraction of sp³-hybridized carbons (Fsp3) is 0.188. The van der Waals surface area contributed by atoms with Gasteiger partial charge in [-0.05, 0) is 119 Å². The Hall–Kier alpha value is -2.08. The van der Waals surface area contributed by atoms with Gasteiger partial charge in [0, 0.05) is 23.7 Å². The van der Waals surface area contributed by atoms with Crippen LogP contribution in [0.25, 0.3) is 22.3 Å². The Labute approximate surface area is 192 Å². The van der Waals surface area contributed by atoms with Crippen molar-refractivity contribution < 1.29 is 0 Å². The van der Waals surface area contributed by atoms with E-state index in [0.29, 0.717) is 0 Å². The second-order valence-corrected chi connectivity index (χ2v) is 10.2. The van der Waals surface area contributed by atoms with E-state index in [4.69, 9.17) is 0 Å². The molecule has 0 aliphatic heterocycles. The van der Waals surface area contributed by atoms with Gasteiger partial charge < -0.3 is 0 Å². The Kier molecular flexibility index (Phi) is 3.60. The van der Waals surface area contributed by atoms with E-state index >= 15 is 0 Å². The van der Waals surface area contributed by atoms with Gasteiger partial charge >= 0.3 is 0 Å². The van der Waals surface area contributed by atoms with Crippen LogP contribution in [-0.4, -0.2) is 0 Å². The summed E-state index contributed by atoms with van der Waals surface area (Å²) < 4.78 is 0. The molecule has 0 N–H and O–H groups in total. The summed E-state index contributed by atoms with van der Waals surface area (Å²) >= 11 is 0. The molecule has 0 saturated heterocycles. The molecule has 2 aromatic rings. The van der Waals surface area contributed by atoms with Crippen LogP contribution in [0.1, 0.15) is 60.1 Å². The molecule has 0 spiro atoms. The highest BCUT2D eigenvalue weighted by Crippen LogP contribution is 2.59. The molecule has 0 unspecified atom stereocenters. The zero-order valence-electron chi connectivity index (χ0n) is 18.6. The highest BCUT2D eigenvalue weighted by Gasteiger charge is 2.45. The zero-order chi connectivity index (χ0) is 21.1. The molecule has 0 nitrogen and oxygen atoms in total. The molecule has 0 heteroatoms. The second-order valence-electron chi connectivity index (χ2n) is 10.2. The van der Waals surface area contributed by atoms with Gasteiger partial charge in [-0.2, -0.15) is 0 Å². The van der Waals surface area contributed by atoms with Gasteiger partial charge in [0.25, 0.3) is 0 Å². The average Bonchev–Trinajstić information content (AvgIpc) is 3.55. The largest absolute Gasteiger partial charge is 0.0723 e. The maximum absolute atomic E-state index is 2.46. The number of benzene rings is 2. The molecule has 0 heterocycles. The third kappa shape index (κ3) is 2.29. The summed E-state index contributed by atoms with van der Waals surface area (Å²) in [6, 6.07) is 9.67. The van der Waals surface area contributed by atoms with E-state index in [1.807, 2.05) is 0 Å². The van der Waals surface area contributed by atoms with Gasteiger partial charge in [0.15, 0.2) is 0 Å². The number of allylic oxidation sites excluding steroid dienone is 4. The van der Waals surface area contributed by atoms with Crippen LogP contribution in [0.4, 0.5) is 0 Å². The molecule has 2 fully saturated rings. The lowest BCUT2D eigenvalue weighted by molar-refractivity contribution is 1.08. The predicted molar refractivity (Wildman–Crippen MR) is 131 cm³/mol. The molecule has 10 radical (unpaired) electrons. The lowest BCUT2D eigenvalue weighted by Crippen LogP contribution is -2.16. The Morgan fingerprint density at radius 2 is 0.969 bits per heavy atom. The molecule has 2 aromatic carbocycles. The smallest absolute Gasteiger partial charge is 0.0214 e. The van der Waals surface area contributed by atoms with Gasteiger partial charge in [-0.1, -0.05) is 50.3 Å². The highest BCUT2D eigenvalue weighted by molar-refractivity contribution is 5.96. The van der Waals surface area contributed by atoms with Crippen molar-refractivity contribution in [1.29, 1.82) is 0 Å². The summed E-state index contributed by atoms with van der Waals surface area (Å²) in [4.78, 5) is 0. The lowest BCUT2D eigenvalue weighted by atomic mass is 9.71. The van der Waals surface area contributed by atoms with Crippen LogP contribution in [0.3, 0.4) is 0 Å². The van der Waals surface area contributed by atoms with Gasteiger partial charge in [0.2, 0.25) is 0 Å². The molecule has 152 valence electrons. The monoisotopic (exact) mass is 408 g/mol. The third-order valence-corrected chi connectivity index (χ3v) is 8.17. The third-order valence-electron chi connectivity index (χ3n) is 8.17. The van der Waals surface area contributed by atoms with Gasteiger partial charge in [0.1, 0.15) is 0 Å². The van der Waals surface area contributed by atoms with Crippen molar-refractivity contribution in [3.8, 4) is 11.1 Å². The Balaban J connectivity index is 1.40. The molecule has 2 saturated carbocycles. The number of hydrogen-bond acceptors (Lipinski definition) is 0. The second kappa shape index (κ2) is 6.28. The van der Waals surface area contributed by atoms with Crippen molar-refractivity contribution in [3.63, 3.8) is 0 Å². The zero-order valence-corrected chi connectivity index (χ0v) is 18.6. The molecule has 0 atom stereocenters. The van der Waals surface area contributed by atoms with Crippen molar-refractivity contribution in [1.82, 2.24) is 0 Å². The van der Waals surface area contributed by atoms with Gasteiger partial charge in [-0.15, -0.1) is 0 Å². The Morgan fingerprint density at radius 3 is 1.44 bits per heavy atom. The first-order valence-corrected chi connectivity index (χ1v) is 11.9. The van der Waals surface area contributed by atoms with E-state index < -0.39 is 0 Å². The minimum atomic E-state index is 1.17. The molecule has 8 rings (SSSR count). The van der Waals surface area contributed by atoms with E-state index in [0.717, 1.165) is 0 Å². The van der Waals surface area contributed by atoms with E-state index in [9.17, 15) is 0 Å². The summed E-state index contributed by atoms with van der Waals surface area (Å²) in [6.45, 7) is 4.46. The number of aryl methyl sites for hydroxylation is 2. The maximum atomic E-state index is 2.46. The van der Waals surface area contributed by atoms with Crippen molar-refractivity contribution in [2.24, 2.45) is 0 Å². The molecule has 0 aromatic heterocycles. The minimum Gasteiger partial charge on any atom is -0.0723 e. The maximum Gasteiger partial charge on any atom is 0.0214 e. The number of rotatable bonds is 1. The first-order chi connectivity index (χ1) is 15.7. The van der Waals surface area contributed by atoms with Crippen molar-refractivity contribution in [3.05, 3.63) is 131 Å². The van der Waals surface area contributed by atoms with E-state index in [1.165, 1.54) is 117 Å². The van der Waals surface area contributed by atoms with Crippen LogP contribution in [-0.2, 0) is 12.8 Å². The fourth-order valence-electron chi connectivity index (χ4n) is 6.93. The van der Waals surface area contributed by atoms with E-state index in [1.54, 1.807) is 0 Å². The molecule has 6 aliphatic carbocycles. The van der Waals surface area contributed by atoms with Crippen LogP contribution in [0, 0.1) is 61.2 Å². The highest BCUT2D eigenvalue weighted by atomic mass is 14.5. The molecular formula is C32H24. The summed E-state index contributed by atoms with van der Waals surface area (Å²) in [5.74, 6) is 8.40. The van der Waals surface area contributed by atoms with Crippen LogP contribution in [0.5, 0.6) is 0 Å². The van der Waals surface area contributed by atoms with Gasteiger partial charge in [0.05, 0.1) is 0 Å². The summed E-state index contributed by atoms with van der Waals surface area (Å²) in [5, 5.41) is 0. The quantitative estimate of drug-likeness (QED) is 0.473. The first kappa shape index (κ1) is 18.4. The SMILES string of the molecule is C[C]1[CH][C]2C=C3CCc4ccc(-c5ccc6c7c5[C]5[CH][C](C)[CH][C]5C=C7CC6)c(c43)[C]2[CH]1. The van der Waals surface area contributed by atoms with Crippen LogP contribution in [0.2, 0.25) is 0 Å². The van der Waals surface area contributed by atoms with Gasteiger partial charge in [-0.3, -0.25) is 0 Å².